The van der Waals surface area contributed by atoms with Crippen LogP contribution >= 0.6 is 0 Å². The Kier molecular flexibility index (Phi) is 5.70. The Bertz CT molecular complexity index is 926. The molecule has 4 rings (SSSR count). The normalized spacial score (nSPS) is 15.5. The molecule has 3 heterocycles. The van der Waals surface area contributed by atoms with E-state index in [1.54, 1.807) is 48.1 Å². The molecule has 1 saturated heterocycles. The number of urea groups is 1. The Morgan fingerprint density at radius 1 is 1.27 bits per heavy atom. The number of anilines is 1. The molecule has 160 valence electrons. The van der Waals surface area contributed by atoms with E-state index in [1.807, 2.05) is 0 Å². The van der Waals surface area contributed by atoms with Crippen molar-refractivity contribution in [2.45, 2.75) is 6.04 Å². The van der Waals surface area contributed by atoms with Gasteiger partial charge in [0, 0.05) is 45.5 Å². The highest BCUT2D eigenvalue weighted by Crippen LogP contribution is 2.33. The second kappa shape index (κ2) is 8.57. The summed E-state index contributed by atoms with van der Waals surface area (Å²) in [6.07, 6.45) is 1.62. The zero-order chi connectivity index (χ0) is 21.1. The minimum absolute atomic E-state index is 0.0191. The van der Waals surface area contributed by atoms with Crippen LogP contribution in [0.2, 0.25) is 0 Å². The summed E-state index contributed by atoms with van der Waals surface area (Å²) >= 11 is 0. The molecule has 0 atom stereocenters. The number of hydrogen-bond donors (Lipinski definition) is 1. The first-order chi connectivity index (χ1) is 14.5. The number of aromatic nitrogens is 3. The summed E-state index contributed by atoms with van der Waals surface area (Å²) in [6, 6.07) is 5.07. The fraction of sp³-hybridized carbons (Fsp3) is 0.474. The molecule has 0 saturated carbocycles. The summed E-state index contributed by atoms with van der Waals surface area (Å²) in [5.74, 6) is 1.08. The zero-order valence-electron chi connectivity index (χ0n) is 16.9. The van der Waals surface area contributed by atoms with E-state index in [9.17, 15) is 9.59 Å². The van der Waals surface area contributed by atoms with Crippen molar-refractivity contribution in [2.75, 3.05) is 58.9 Å². The number of ether oxygens (including phenoxy) is 3. The molecule has 2 aliphatic heterocycles. The van der Waals surface area contributed by atoms with Crippen LogP contribution in [0.25, 0.3) is 0 Å². The average Bonchev–Trinajstić information content (AvgIpc) is 3.19. The number of methoxy groups -OCH3 is 1. The van der Waals surface area contributed by atoms with E-state index in [1.165, 1.54) is 4.90 Å². The van der Waals surface area contributed by atoms with Crippen LogP contribution in [-0.4, -0.2) is 90.3 Å². The van der Waals surface area contributed by atoms with Gasteiger partial charge in [-0.2, -0.15) is 0 Å². The lowest BCUT2D eigenvalue weighted by atomic mass is 10.1. The Hall–Kier alpha value is -3.34. The number of carbonyl (C=O) groups excluding carboxylic acids is 2. The quantitative estimate of drug-likeness (QED) is 0.743. The van der Waals surface area contributed by atoms with Gasteiger partial charge in [0.15, 0.2) is 17.2 Å². The van der Waals surface area contributed by atoms with Gasteiger partial charge in [0.25, 0.3) is 5.91 Å². The molecule has 0 aliphatic carbocycles. The van der Waals surface area contributed by atoms with Gasteiger partial charge in [0.1, 0.15) is 13.2 Å². The van der Waals surface area contributed by atoms with E-state index in [4.69, 9.17) is 14.2 Å². The van der Waals surface area contributed by atoms with Crippen molar-refractivity contribution in [1.29, 1.82) is 0 Å². The fourth-order valence-corrected chi connectivity index (χ4v) is 3.19. The maximum atomic E-state index is 12.5. The summed E-state index contributed by atoms with van der Waals surface area (Å²) in [5, 5.41) is 10.9. The molecular weight excluding hydrogens is 392 g/mol. The van der Waals surface area contributed by atoms with Gasteiger partial charge in [-0.05, 0) is 12.1 Å². The molecule has 1 aromatic carbocycles. The lowest BCUT2D eigenvalue weighted by Crippen LogP contribution is -2.52. The van der Waals surface area contributed by atoms with Crippen LogP contribution in [0.15, 0.2) is 24.4 Å². The molecule has 2 aromatic rings. The fourth-order valence-electron chi connectivity index (χ4n) is 3.19. The van der Waals surface area contributed by atoms with Crippen molar-refractivity contribution in [1.82, 2.24) is 24.8 Å². The number of benzene rings is 1. The number of amides is 3. The van der Waals surface area contributed by atoms with Crippen LogP contribution in [0.3, 0.4) is 0 Å². The lowest BCUT2D eigenvalue weighted by molar-refractivity contribution is 0.0738. The number of nitrogens with zero attached hydrogens (tertiary/aromatic N) is 5. The minimum Gasteiger partial charge on any atom is -0.486 e. The van der Waals surface area contributed by atoms with Crippen LogP contribution < -0.4 is 14.8 Å². The van der Waals surface area contributed by atoms with Gasteiger partial charge in [-0.3, -0.25) is 4.79 Å². The van der Waals surface area contributed by atoms with E-state index in [-0.39, 0.29) is 23.7 Å². The lowest BCUT2D eigenvalue weighted by Gasteiger charge is -2.38. The average molecular weight is 416 g/mol. The number of hydrogen-bond acceptors (Lipinski definition) is 7. The summed E-state index contributed by atoms with van der Waals surface area (Å²) < 4.78 is 17.6. The second-order valence-corrected chi connectivity index (χ2v) is 7.15. The third-order valence-corrected chi connectivity index (χ3v) is 5.02. The van der Waals surface area contributed by atoms with E-state index >= 15 is 0 Å². The SMILES string of the molecule is COCCN(C)C(=O)c1cn(C2CN(C(=O)Nc3ccc4c(c3)OCCO4)C2)nn1. The third kappa shape index (κ3) is 4.15. The van der Waals surface area contributed by atoms with Gasteiger partial charge in [-0.25, -0.2) is 9.48 Å². The largest absolute Gasteiger partial charge is 0.486 e. The topological polar surface area (TPSA) is 111 Å². The smallest absolute Gasteiger partial charge is 0.321 e. The molecule has 11 heteroatoms. The Balaban J connectivity index is 1.29. The Labute approximate surface area is 173 Å². The van der Waals surface area contributed by atoms with Crippen LogP contribution in [0.1, 0.15) is 16.5 Å². The highest BCUT2D eigenvalue weighted by atomic mass is 16.6. The minimum atomic E-state index is -0.217. The summed E-state index contributed by atoms with van der Waals surface area (Å²) in [4.78, 5) is 28.0. The van der Waals surface area contributed by atoms with Gasteiger partial charge in [0.2, 0.25) is 0 Å². The first kappa shape index (κ1) is 20.0. The summed E-state index contributed by atoms with van der Waals surface area (Å²) in [6.45, 7) is 2.89. The molecule has 1 fully saturated rings. The molecular formula is C19H24N6O5. The van der Waals surface area contributed by atoms with E-state index in [2.05, 4.69) is 15.6 Å². The predicted molar refractivity (Wildman–Crippen MR) is 106 cm³/mol. The van der Waals surface area contributed by atoms with Gasteiger partial charge in [0.05, 0.1) is 18.8 Å². The molecule has 1 N–H and O–H groups in total. The summed E-state index contributed by atoms with van der Waals surface area (Å²) in [5.41, 5.74) is 0.910. The maximum absolute atomic E-state index is 12.5. The molecule has 2 aliphatic rings. The molecule has 11 nitrogen and oxygen atoms in total. The van der Waals surface area contributed by atoms with E-state index in [0.717, 1.165) is 0 Å². The molecule has 1 aromatic heterocycles. The molecule has 30 heavy (non-hydrogen) atoms. The van der Waals surface area contributed by atoms with Gasteiger partial charge >= 0.3 is 6.03 Å². The predicted octanol–water partition coefficient (Wildman–Crippen LogP) is 0.857. The van der Waals surface area contributed by atoms with Gasteiger partial charge in [-0.1, -0.05) is 5.21 Å². The Morgan fingerprint density at radius 2 is 2.03 bits per heavy atom. The number of carbonyl (C=O) groups is 2. The second-order valence-electron chi connectivity index (χ2n) is 7.15. The molecule has 0 radical (unpaired) electrons. The molecule has 0 spiro atoms. The van der Waals surface area contributed by atoms with Gasteiger partial charge < -0.3 is 29.3 Å². The third-order valence-electron chi connectivity index (χ3n) is 5.02. The first-order valence-electron chi connectivity index (χ1n) is 9.67. The first-order valence-corrected chi connectivity index (χ1v) is 9.67. The van der Waals surface area contributed by atoms with Crippen molar-refractivity contribution in [3.8, 4) is 11.5 Å². The van der Waals surface area contributed by atoms with E-state index in [0.29, 0.717) is 56.6 Å². The number of likely N-dealkylation sites (N-methyl/N-ethyl adjacent to an activating group) is 1. The van der Waals surface area contributed by atoms with Gasteiger partial charge in [-0.15, -0.1) is 5.10 Å². The number of likely N-dealkylation sites (tertiary alicyclic amines) is 1. The Morgan fingerprint density at radius 3 is 2.80 bits per heavy atom. The highest BCUT2D eigenvalue weighted by Gasteiger charge is 2.33. The van der Waals surface area contributed by atoms with Crippen LogP contribution in [0.4, 0.5) is 10.5 Å². The standard InChI is InChI=1S/C19H24N6O5/c1-23(5-6-28-2)18(26)15-12-25(22-21-15)14-10-24(11-14)19(27)20-13-3-4-16-17(9-13)30-8-7-29-16/h3-4,9,12,14H,5-8,10-11H2,1-2H3,(H,20,27). The van der Waals surface area contributed by atoms with Crippen molar-refractivity contribution in [3.63, 3.8) is 0 Å². The van der Waals surface area contributed by atoms with Crippen LogP contribution in [-0.2, 0) is 4.74 Å². The van der Waals surface area contributed by atoms with Crippen molar-refractivity contribution in [2.24, 2.45) is 0 Å². The highest BCUT2D eigenvalue weighted by molar-refractivity contribution is 5.92. The molecule has 3 amide bonds. The van der Waals surface area contributed by atoms with Crippen LogP contribution in [0, 0.1) is 0 Å². The van der Waals surface area contributed by atoms with E-state index < -0.39 is 0 Å². The molecule has 0 unspecified atom stereocenters. The monoisotopic (exact) mass is 416 g/mol. The number of nitrogens with one attached hydrogen (secondary N) is 1. The van der Waals surface area contributed by atoms with Crippen molar-refractivity contribution < 1.29 is 23.8 Å². The number of fused-ring (bicyclic) bond motifs is 1. The number of rotatable bonds is 6. The maximum Gasteiger partial charge on any atom is 0.321 e. The zero-order valence-corrected chi connectivity index (χ0v) is 16.9. The molecule has 0 bridgehead atoms. The van der Waals surface area contributed by atoms with Crippen LogP contribution in [0.5, 0.6) is 11.5 Å². The summed E-state index contributed by atoms with van der Waals surface area (Å²) in [7, 11) is 3.27. The van der Waals surface area contributed by atoms with Crippen molar-refractivity contribution >= 4 is 17.6 Å². The van der Waals surface area contributed by atoms with Crippen molar-refractivity contribution in [3.05, 3.63) is 30.1 Å².